The minimum atomic E-state index is -0.0166. The molecule has 0 aromatic heterocycles. The van der Waals surface area contributed by atoms with Gasteiger partial charge in [0.1, 0.15) is 11.9 Å². The Morgan fingerprint density at radius 1 is 0.576 bits per heavy atom. The Hall–Kier alpha value is -6.64. The van der Waals surface area contributed by atoms with Gasteiger partial charge in [-0.05, 0) is 135 Å². The number of nitrogens with zero attached hydrogens (tertiary/aromatic N) is 1. The molecule has 0 bridgehead atoms. The maximum Gasteiger partial charge on any atom is 0.128 e. The summed E-state index contributed by atoms with van der Waals surface area (Å²) in [6.45, 7) is 4.75. The van der Waals surface area contributed by atoms with Gasteiger partial charge < -0.3 is 9.64 Å². The van der Waals surface area contributed by atoms with E-state index in [1.165, 1.54) is 83.9 Å². The fourth-order valence-corrected chi connectivity index (χ4v) is 9.91. The number of rotatable bonds is 10. The first kappa shape index (κ1) is 36.7. The van der Waals surface area contributed by atoms with Crippen molar-refractivity contribution >= 4 is 28.7 Å². The molecular formula is C57H49NO. The van der Waals surface area contributed by atoms with Gasteiger partial charge in [0, 0.05) is 34.5 Å². The summed E-state index contributed by atoms with van der Waals surface area (Å²) in [6, 6.07) is 63.8. The van der Waals surface area contributed by atoms with E-state index in [1.807, 2.05) is 0 Å². The molecule has 0 saturated carbocycles. The van der Waals surface area contributed by atoms with Crippen LogP contribution in [0.1, 0.15) is 73.5 Å². The summed E-state index contributed by atoms with van der Waals surface area (Å²) in [4.78, 5) is 2.39. The van der Waals surface area contributed by atoms with E-state index in [2.05, 4.69) is 213 Å². The molecule has 10 rings (SSSR count). The van der Waals surface area contributed by atoms with Crippen molar-refractivity contribution in [2.45, 2.75) is 57.5 Å². The second-order valence-electron chi connectivity index (χ2n) is 16.2. The molecule has 0 saturated heterocycles. The van der Waals surface area contributed by atoms with Crippen LogP contribution in [0, 0.1) is 0 Å². The first-order chi connectivity index (χ1) is 29.1. The number of fused-ring (bicyclic) bond motifs is 3. The molecule has 0 spiro atoms. The van der Waals surface area contributed by atoms with Gasteiger partial charge >= 0.3 is 0 Å². The third-order valence-corrected chi connectivity index (χ3v) is 13.0. The molecule has 0 fully saturated rings. The Morgan fingerprint density at radius 3 is 1.93 bits per heavy atom. The Balaban J connectivity index is 0.941. The fourth-order valence-electron chi connectivity index (χ4n) is 9.91. The molecule has 59 heavy (non-hydrogen) atoms. The monoisotopic (exact) mass is 763 g/mol. The van der Waals surface area contributed by atoms with Crippen molar-refractivity contribution in [3.63, 3.8) is 0 Å². The highest BCUT2D eigenvalue weighted by molar-refractivity contribution is 5.87. The normalized spacial score (nSPS) is 16.3. The smallest absolute Gasteiger partial charge is 0.128 e. The number of anilines is 3. The number of hydrogen-bond acceptors (Lipinski definition) is 2. The molecule has 0 radical (unpaired) electrons. The van der Waals surface area contributed by atoms with E-state index in [1.54, 1.807) is 0 Å². The molecule has 2 heteroatoms. The van der Waals surface area contributed by atoms with E-state index >= 15 is 0 Å². The van der Waals surface area contributed by atoms with Crippen LogP contribution in [0.4, 0.5) is 17.1 Å². The highest BCUT2D eigenvalue weighted by atomic mass is 16.5. The molecule has 1 atom stereocenters. The van der Waals surface area contributed by atoms with E-state index in [9.17, 15) is 0 Å². The molecule has 1 aliphatic heterocycles. The average Bonchev–Trinajstić information content (AvgIpc) is 3.86. The van der Waals surface area contributed by atoms with Gasteiger partial charge in [0.25, 0.3) is 0 Å². The molecule has 288 valence electrons. The summed E-state index contributed by atoms with van der Waals surface area (Å²) in [7, 11) is 0. The van der Waals surface area contributed by atoms with E-state index in [0.717, 1.165) is 37.9 Å². The predicted molar refractivity (Wildman–Crippen MR) is 247 cm³/mol. The predicted octanol–water partition coefficient (Wildman–Crippen LogP) is 15.4. The fraction of sp³-hybridized carbons (Fsp3) is 0.158. The summed E-state index contributed by atoms with van der Waals surface area (Å²) in [5.41, 5.74) is 19.5. The van der Waals surface area contributed by atoms with Gasteiger partial charge in [-0.2, -0.15) is 0 Å². The third-order valence-electron chi connectivity index (χ3n) is 13.0. The molecule has 1 unspecified atom stereocenters. The standard InChI is InChI=1S/C57H49NO/c1-3-57(4-2)53-36-41(28-33-49(53)50-35-32-48(39-54(50)57)58(46-19-10-6-11-20-46)47-21-12-7-13-22-47)25-24-40-26-29-43(30-27-40)52-37-44(42-16-8-5-9-17-42)31-34-51(52)56-38-45-18-14-15-23-55(45)59-56/h5-27,29-32,34-37,39,56H,3-4,28,33,38H2,1-2H3/b25-24+. The lowest BCUT2D eigenvalue weighted by Crippen LogP contribution is -2.25. The minimum absolute atomic E-state index is 0.0115. The Bertz CT molecular complexity index is 2650. The highest BCUT2D eigenvalue weighted by Gasteiger charge is 2.43. The van der Waals surface area contributed by atoms with Crippen LogP contribution in [0.15, 0.2) is 199 Å². The molecule has 2 nitrogen and oxygen atoms in total. The van der Waals surface area contributed by atoms with E-state index < -0.39 is 0 Å². The number of allylic oxidation sites excluding steroid dienone is 5. The first-order valence-corrected chi connectivity index (χ1v) is 21.3. The van der Waals surface area contributed by atoms with Gasteiger partial charge in [-0.3, -0.25) is 0 Å². The van der Waals surface area contributed by atoms with Gasteiger partial charge in [0.05, 0.1) is 0 Å². The van der Waals surface area contributed by atoms with Crippen LogP contribution in [-0.2, 0) is 11.8 Å². The van der Waals surface area contributed by atoms with Crippen molar-refractivity contribution < 1.29 is 4.74 Å². The molecular weight excluding hydrogens is 715 g/mol. The number of benzene rings is 7. The molecule has 1 heterocycles. The van der Waals surface area contributed by atoms with Crippen molar-refractivity contribution in [3.8, 4) is 28.0 Å². The van der Waals surface area contributed by atoms with Crippen molar-refractivity contribution in [2.75, 3.05) is 4.90 Å². The quantitative estimate of drug-likeness (QED) is 0.138. The van der Waals surface area contributed by atoms with Gasteiger partial charge in [-0.15, -0.1) is 0 Å². The first-order valence-electron chi connectivity index (χ1n) is 21.3. The van der Waals surface area contributed by atoms with Gasteiger partial charge in [-0.1, -0.05) is 159 Å². The summed E-state index contributed by atoms with van der Waals surface area (Å²) >= 11 is 0. The van der Waals surface area contributed by atoms with Crippen LogP contribution in [0.3, 0.4) is 0 Å². The molecule has 7 aromatic rings. The van der Waals surface area contributed by atoms with E-state index in [0.29, 0.717) is 0 Å². The summed E-state index contributed by atoms with van der Waals surface area (Å²) < 4.78 is 6.54. The SMILES string of the molecule is CCC1(CC)C2=C(CCC(/C=C/c3ccc(-c4cc(-c5ccccc5)ccc4C4Cc5ccccc5O4)cc3)=C2)c2ccc(N(c3ccccc3)c3ccccc3)cc21. The molecule has 2 aliphatic carbocycles. The maximum atomic E-state index is 6.54. The zero-order valence-electron chi connectivity index (χ0n) is 33.9. The zero-order valence-corrected chi connectivity index (χ0v) is 33.9. The Kier molecular flexibility index (Phi) is 9.70. The van der Waals surface area contributed by atoms with Crippen LogP contribution >= 0.6 is 0 Å². The lowest BCUT2D eigenvalue weighted by atomic mass is 9.71. The zero-order chi connectivity index (χ0) is 39.8. The number of hydrogen-bond donors (Lipinski definition) is 0. The van der Waals surface area contributed by atoms with E-state index in [-0.39, 0.29) is 11.5 Å². The van der Waals surface area contributed by atoms with E-state index in [4.69, 9.17) is 4.74 Å². The topological polar surface area (TPSA) is 12.5 Å². The van der Waals surface area contributed by atoms with Crippen LogP contribution in [0.2, 0.25) is 0 Å². The summed E-state index contributed by atoms with van der Waals surface area (Å²) in [5, 5.41) is 0. The summed E-state index contributed by atoms with van der Waals surface area (Å²) in [6.07, 6.45) is 12.3. The summed E-state index contributed by atoms with van der Waals surface area (Å²) in [5.74, 6) is 0.995. The number of ether oxygens (including phenoxy) is 1. The molecule has 3 aliphatic rings. The van der Waals surface area contributed by atoms with Crippen LogP contribution in [-0.4, -0.2) is 0 Å². The molecule has 0 N–H and O–H groups in total. The molecule has 7 aromatic carbocycles. The lowest BCUT2D eigenvalue weighted by molar-refractivity contribution is 0.239. The Labute approximate surface area is 349 Å². The van der Waals surface area contributed by atoms with Crippen molar-refractivity contribution in [2.24, 2.45) is 0 Å². The minimum Gasteiger partial charge on any atom is -0.485 e. The lowest BCUT2D eigenvalue weighted by Gasteiger charge is -2.33. The van der Waals surface area contributed by atoms with Crippen LogP contribution < -0.4 is 9.64 Å². The maximum absolute atomic E-state index is 6.54. The van der Waals surface area contributed by atoms with Crippen molar-refractivity contribution in [1.29, 1.82) is 0 Å². The second-order valence-corrected chi connectivity index (χ2v) is 16.2. The highest BCUT2D eigenvalue weighted by Crippen LogP contribution is 2.56. The third kappa shape index (κ3) is 6.73. The van der Waals surface area contributed by atoms with Gasteiger partial charge in [0.2, 0.25) is 0 Å². The van der Waals surface area contributed by atoms with Crippen LogP contribution in [0.25, 0.3) is 33.9 Å². The average molecular weight is 764 g/mol. The van der Waals surface area contributed by atoms with Crippen molar-refractivity contribution in [3.05, 3.63) is 227 Å². The Morgan fingerprint density at radius 2 is 1.24 bits per heavy atom. The van der Waals surface area contributed by atoms with Gasteiger partial charge in [-0.25, -0.2) is 0 Å². The number of para-hydroxylation sites is 3. The van der Waals surface area contributed by atoms with Gasteiger partial charge in [0.15, 0.2) is 0 Å². The molecule has 0 amide bonds. The van der Waals surface area contributed by atoms with Crippen molar-refractivity contribution in [1.82, 2.24) is 0 Å². The second kappa shape index (κ2) is 15.6. The van der Waals surface area contributed by atoms with Crippen LogP contribution in [0.5, 0.6) is 5.75 Å². The largest absolute Gasteiger partial charge is 0.485 e.